The van der Waals surface area contributed by atoms with Gasteiger partial charge >= 0.3 is 6.03 Å². The average molecular weight is 484 g/mol. The smallest absolute Gasteiger partial charge is 0.335 e. The van der Waals surface area contributed by atoms with Gasteiger partial charge in [0.05, 0.1) is 21.3 Å². The summed E-state index contributed by atoms with van der Waals surface area (Å²) in [4.78, 5) is 41.4. The van der Waals surface area contributed by atoms with Crippen LogP contribution < -0.4 is 15.1 Å². The van der Waals surface area contributed by atoms with Crippen LogP contribution in [0.1, 0.15) is 37.5 Å². The maximum Gasteiger partial charge on any atom is 0.335 e. The minimum absolute atomic E-state index is 0.135. The van der Waals surface area contributed by atoms with Gasteiger partial charge in [-0.2, -0.15) is 0 Å². The Balaban J connectivity index is 1.79. The molecule has 170 valence electrons. The van der Waals surface area contributed by atoms with Crippen molar-refractivity contribution in [1.29, 1.82) is 0 Å². The fourth-order valence-corrected chi connectivity index (χ4v) is 4.44. The van der Waals surface area contributed by atoms with E-state index in [0.29, 0.717) is 5.02 Å². The summed E-state index contributed by atoms with van der Waals surface area (Å²) in [7, 11) is 2.04. The molecule has 1 saturated heterocycles. The van der Waals surface area contributed by atoms with E-state index in [-0.39, 0.29) is 21.8 Å². The van der Waals surface area contributed by atoms with Crippen LogP contribution in [0.15, 0.2) is 42.0 Å². The van der Waals surface area contributed by atoms with Crippen molar-refractivity contribution in [2.75, 3.05) is 16.8 Å². The molecule has 0 unspecified atom stereocenters. The van der Waals surface area contributed by atoms with Gasteiger partial charge in [-0.25, -0.2) is 9.69 Å². The first kappa shape index (κ1) is 23.1. The zero-order chi connectivity index (χ0) is 24.2. The SMILES string of the molecule is CC1=CC(C)(C)N(C)c2cc(C)c(/C=C3/C(=O)NC(=O)N(c4ccc(Cl)c(Cl)c4)C3=O)cc21. The van der Waals surface area contributed by atoms with Crippen LogP contribution in [0, 0.1) is 6.92 Å². The Bertz CT molecular complexity index is 1290. The van der Waals surface area contributed by atoms with Crippen molar-refractivity contribution >= 4 is 64.1 Å². The Morgan fingerprint density at radius 1 is 1.00 bits per heavy atom. The van der Waals surface area contributed by atoms with E-state index in [0.717, 1.165) is 32.9 Å². The monoisotopic (exact) mass is 483 g/mol. The number of amides is 4. The van der Waals surface area contributed by atoms with E-state index in [1.807, 2.05) is 33.0 Å². The molecular weight excluding hydrogens is 461 g/mol. The number of fused-ring (bicyclic) bond motifs is 1. The van der Waals surface area contributed by atoms with E-state index < -0.39 is 17.8 Å². The van der Waals surface area contributed by atoms with E-state index in [9.17, 15) is 14.4 Å². The lowest BCUT2D eigenvalue weighted by molar-refractivity contribution is -0.122. The number of nitrogens with one attached hydrogen (secondary N) is 1. The van der Waals surface area contributed by atoms with E-state index in [1.54, 1.807) is 0 Å². The summed E-state index contributed by atoms with van der Waals surface area (Å²) in [5.41, 5.74) is 4.77. The normalized spacial score (nSPS) is 18.9. The highest BCUT2D eigenvalue weighted by Crippen LogP contribution is 2.40. The summed E-state index contributed by atoms with van der Waals surface area (Å²) in [6.07, 6.45) is 3.71. The van der Waals surface area contributed by atoms with E-state index in [1.165, 1.54) is 24.3 Å². The highest BCUT2D eigenvalue weighted by Gasteiger charge is 2.37. The number of barbiturate groups is 1. The highest BCUT2D eigenvalue weighted by atomic mass is 35.5. The summed E-state index contributed by atoms with van der Waals surface area (Å²) in [5.74, 6) is -1.48. The van der Waals surface area contributed by atoms with Gasteiger partial charge in [0, 0.05) is 18.3 Å². The Morgan fingerprint density at radius 2 is 1.70 bits per heavy atom. The van der Waals surface area contributed by atoms with Crippen molar-refractivity contribution in [3.63, 3.8) is 0 Å². The number of carbonyl (C=O) groups excluding carboxylic acids is 3. The Kier molecular flexibility index (Phi) is 5.63. The molecule has 0 spiro atoms. The summed E-state index contributed by atoms with van der Waals surface area (Å²) < 4.78 is 0. The standard InChI is InChI=1S/C25H23Cl2N3O3/c1-13-8-21-17(14(2)12-25(3,4)29(21)5)9-15(13)10-18-22(31)28-24(33)30(23(18)32)16-6-7-19(26)20(27)11-16/h6-12H,1-5H3,(H,28,31,33)/b18-10-. The molecule has 2 aliphatic rings. The van der Waals surface area contributed by atoms with Gasteiger partial charge < -0.3 is 4.90 Å². The lowest BCUT2D eigenvalue weighted by Crippen LogP contribution is -2.54. The lowest BCUT2D eigenvalue weighted by atomic mass is 9.87. The van der Waals surface area contributed by atoms with Gasteiger partial charge in [-0.05, 0) is 80.8 Å². The number of hydrogen-bond acceptors (Lipinski definition) is 4. The van der Waals surface area contributed by atoms with Crippen molar-refractivity contribution in [3.8, 4) is 0 Å². The molecule has 0 aliphatic carbocycles. The highest BCUT2D eigenvalue weighted by molar-refractivity contribution is 6.43. The van der Waals surface area contributed by atoms with Crippen molar-refractivity contribution in [2.24, 2.45) is 0 Å². The molecule has 0 saturated carbocycles. The predicted molar refractivity (Wildman–Crippen MR) is 133 cm³/mol. The fourth-order valence-electron chi connectivity index (χ4n) is 4.14. The maximum absolute atomic E-state index is 13.2. The van der Waals surface area contributed by atoms with Gasteiger partial charge in [0.1, 0.15) is 5.57 Å². The number of carbonyl (C=O) groups is 3. The Labute approximate surface area is 202 Å². The van der Waals surface area contributed by atoms with Gasteiger partial charge in [-0.1, -0.05) is 29.3 Å². The first-order valence-electron chi connectivity index (χ1n) is 10.4. The molecule has 0 bridgehead atoms. The summed E-state index contributed by atoms with van der Waals surface area (Å²) in [6, 6.07) is 7.56. The molecule has 4 rings (SSSR count). The van der Waals surface area contributed by atoms with Crippen molar-refractivity contribution in [1.82, 2.24) is 5.32 Å². The van der Waals surface area contributed by atoms with Crippen molar-refractivity contribution in [2.45, 2.75) is 33.2 Å². The van der Waals surface area contributed by atoms with Gasteiger partial charge in [-0.3, -0.25) is 14.9 Å². The van der Waals surface area contributed by atoms with Crippen LogP contribution in [0.4, 0.5) is 16.2 Å². The van der Waals surface area contributed by atoms with Crippen LogP contribution in [0.2, 0.25) is 10.0 Å². The predicted octanol–water partition coefficient (Wildman–Crippen LogP) is 5.60. The summed E-state index contributed by atoms with van der Waals surface area (Å²) in [5, 5.41) is 2.72. The Hall–Kier alpha value is -3.09. The molecule has 2 aliphatic heterocycles. The first-order valence-corrected chi connectivity index (χ1v) is 11.1. The molecule has 6 nitrogen and oxygen atoms in total. The molecule has 8 heteroatoms. The molecule has 33 heavy (non-hydrogen) atoms. The number of allylic oxidation sites excluding steroid dienone is 1. The number of rotatable bonds is 2. The van der Waals surface area contributed by atoms with Gasteiger partial charge in [0.2, 0.25) is 0 Å². The average Bonchev–Trinajstić information content (AvgIpc) is 2.72. The fraction of sp³-hybridized carbons (Fsp3) is 0.240. The van der Waals surface area contributed by atoms with Crippen LogP contribution in [-0.4, -0.2) is 30.4 Å². The molecule has 2 aromatic rings. The second-order valence-corrected chi connectivity index (χ2v) is 9.64. The number of urea groups is 1. The van der Waals surface area contributed by atoms with Crippen LogP contribution >= 0.6 is 23.2 Å². The zero-order valence-electron chi connectivity index (χ0n) is 18.9. The lowest BCUT2D eigenvalue weighted by Gasteiger charge is -2.41. The zero-order valence-corrected chi connectivity index (χ0v) is 20.4. The number of likely N-dealkylation sites (N-methyl/N-ethyl adjacent to an activating group) is 1. The second kappa shape index (κ2) is 8.04. The Morgan fingerprint density at radius 3 is 2.36 bits per heavy atom. The molecule has 0 atom stereocenters. The molecule has 1 fully saturated rings. The number of aryl methyl sites for hydroxylation is 1. The number of benzene rings is 2. The van der Waals surface area contributed by atoms with E-state index in [2.05, 4.69) is 30.1 Å². The van der Waals surface area contributed by atoms with Crippen molar-refractivity contribution < 1.29 is 14.4 Å². The van der Waals surface area contributed by atoms with Crippen molar-refractivity contribution in [3.05, 3.63) is 68.7 Å². The number of nitrogens with zero attached hydrogens (tertiary/aromatic N) is 2. The number of imide groups is 2. The van der Waals surface area contributed by atoms with E-state index >= 15 is 0 Å². The summed E-state index contributed by atoms with van der Waals surface area (Å²) >= 11 is 12.0. The molecule has 0 aromatic heterocycles. The van der Waals surface area contributed by atoms with Gasteiger partial charge in [0.25, 0.3) is 11.8 Å². The number of halogens is 2. The van der Waals surface area contributed by atoms with Crippen LogP contribution in [0.5, 0.6) is 0 Å². The van der Waals surface area contributed by atoms with Crippen LogP contribution in [0.25, 0.3) is 11.6 Å². The van der Waals surface area contributed by atoms with Crippen LogP contribution in [-0.2, 0) is 9.59 Å². The third-order valence-corrected chi connectivity index (χ3v) is 6.91. The largest absolute Gasteiger partial charge is 0.365 e. The number of hydrogen-bond donors (Lipinski definition) is 1. The molecule has 1 N–H and O–H groups in total. The van der Waals surface area contributed by atoms with Gasteiger partial charge in [-0.15, -0.1) is 0 Å². The maximum atomic E-state index is 13.2. The topological polar surface area (TPSA) is 69.7 Å². The van der Waals surface area contributed by atoms with Gasteiger partial charge in [0.15, 0.2) is 0 Å². The van der Waals surface area contributed by atoms with Crippen LogP contribution in [0.3, 0.4) is 0 Å². The quantitative estimate of drug-likeness (QED) is 0.445. The number of anilines is 2. The first-order chi connectivity index (χ1) is 15.4. The molecular formula is C25H23Cl2N3O3. The molecule has 2 heterocycles. The molecule has 2 aromatic carbocycles. The third-order valence-electron chi connectivity index (χ3n) is 6.17. The minimum atomic E-state index is -0.842. The second-order valence-electron chi connectivity index (χ2n) is 8.82. The minimum Gasteiger partial charge on any atom is -0.365 e. The molecule has 0 radical (unpaired) electrons. The van der Waals surface area contributed by atoms with E-state index in [4.69, 9.17) is 23.2 Å². The molecule has 4 amide bonds. The third kappa shape index (κ3) is 3.94. The summed E-state index contributed by atoms with van der Waals surface area (Å²) in [6.45, 7) is 8.26.